The highest BCUT2D eigenvalue weighted by molar-refractivity contribution is 5.92. The SMILES string of the molecule is Cc1cncc(N[C@@H](CC2CC2)C(=O)N2[C@H]3CC[C@@H]([C@H]2C(=O)N[C@H](C#N)C[C@H]2CCCNC2=O)C(F)(F)C3)c1. The van der Waals surface area contributed by atoms with Gasteiger partial charge < -0.3 is 20.9 Å². The predicted octanol–water partition coefficient (Wildman–Crippen LogP) is 2.91. The highest BCUT2D eigenvalue weighted by Crippen LogP contribution is 2.49. The summed E-state index contributed by atoms with van der Waals surface area (Å²) in [5.41, 5.74) is 1.58. The molecule has 0 unspecified atom stereocenters. The average Bonchev–Trinajstić information content (AvgIpc) is 3.72. The fourth-order valence-electron chi connectivity index (χ4n) is 6.49. The monoisotopic (exact) mass is 542 g/mol. The summed E-state index contributed by atoms with van der Waals surface area (Å²) in [4.78, 5) is 45.5. The summed E-state index contributed by atoms with van der Waals surface area (Å²) in [6.45, 7) is 2.47. The van der Waals surface area contributed by atoms with Gasteiger partial charge in [0.2, 0.25) is 17.7 Å². The van der Waals surface area contributed by atoms with E-state index in [1.54, 1.807) is 12.4 Å². The van der Waals surface area contributed by atoms with Crippen molar-refractivity contribution in [1.29, 1.82) is 5.26 Å². The van der Waals surface area contributed by atoms with Crippen molar-refractivity contribution in [3.05, 3.63) is 24.0 Å². The van der Waals surface area contributed by atoms with Crippen LogP contribution in [0.1, 0.15) is 63.4 Å². The molecule has 0 spiro atoms. The fraction of sp³-hybridized carbons (Fsp3) is 0.679. The second kappa shape index (κ2) is 11.1. The molecule has 3 saturated heterocycles. The lowest BCUT2D eigenvalue weighted by atomic mass is 9.71. The van der Waals surface area contributed by atoms with Gasteiger partial charge >= 0.3 is 0 Å². The Morgan fingerprint density at radius 2 is 2.03 bits per heavy atom. The molecule has 1 aromatic rings. The molecule has 11 heteroatoms. The summed E-state index contributed by atoms with van der Waals surface area (Å²) in [7, 11) is 0. The molecule has 4 heterocycles. The Labute approximate surface area is 227 Å². The van der Waals surface area contributed by atoms with Crippen LogP contribution in [-0.4, -0.2) is 64.2 Å². The number of rotatable bonds is 9. The van der Waals surface area contributed by atoms with E-state index in [9.17, 15) is 19.6 Å². The maximum absolute atomic E-state index is 15.1. The molecule has 0 aromatic carbocycles. The van der Waals surface area contributed by atoms with Crippen LogP contribution in [0, 0.1) is 36.0 Å². The standard InChI is InChI=1S/C28H36F2N6O3/c1-16-9-20(15-32-14-16)34-23(10-17-4-5-17)27(39)36-21-6-7-22(28(29,30)12-21)24(36)26(38)35-19(13-31)11-18-3-2-8-33-25(18)37/h9,14-15,17-19,21-24,34H,2-8,10-12H2,1H3,(H,33,37)(H,35,38)/t18-,19+,21+,22+,23+,24+/m1/s1. The molecule has 3 aliphatic heterocycles. The smallest absolute Gasteiger partial charge is 0.255 e. The molecule has 39 heavy (non-hydrogen) atoms. The van der Waals surface area contributed by atoms with E-state index in [4.69, 9.17) is 0 Å². The molecular weight excluding hydrogens is 506 g/mol. The minimum absolute atomic E-state index is 0.103. The van der Waals surface area contributed by atoms with Crippen molar-refractivity contribution in [2.45, 2.75) is 94.8 Å². The number of halogens is 2. The van der Waals surface area contributed by atoms with Crippen LogP contribution < -0.4 is 16.0 Å². The van der Waals surface area contributed by atoms with E-state index in [1.807, 2.05) is 19.1 Å². The van der Waals surface area contributed by atoms with Crippen LogP contribution in [0.15, 0.2) is 18.5 Å². The van der Waals surface area contributed by atoms with Crippen molar-refractivity contribution in [3.8, 4) is 6.07 Å². The van der Waals surface area contributed by atoms with Gasteiger partial charge in [-0.15, -0.1) is 0 Å². The number of nitrogens with zero attached hydrogens (tertiary/aromatic N) is 3. The minimum atomic E-state index is -3.09. The highest BCUT2D eigenvalue weighted by Gasteiger charge is 2.61. The number of hydrogen-bond donors (Lipinski definition) is 3. The van der Waals surface area contributed by atoms with Gasteiger partial charge in [-0.3, -0.25) is 19.4 Å². The van der Waals surface area contributed by atoms with Gasteiger partial charge in [-0.2, -0.15) is 5.26 Å². The molecule has 6 atom stereocenters. The summed E-state index contributed by atoms with van der Waals surface area (Å²) < 4.78 is 30.3. The highest BCUT2D eigenvalue weighted by atomic mass is 19.3. The van der Waals surface area contributed by atoms with Gasteiger partial charge in [0.05, 0.1) is 17.7 Å². The van der Waals surface area contributed by atoms with Gasteiger partial charge in [0.1, 0.15) is 18.1 Å². The predicted molar refractivity (Wildman–Crippen MR) is 138 cm³/mol. The number of alkyl halides is 2. The van der Waals surface area contributed by atoms with Gasteiger partial charge in [-0.05, 0) is 63.0 Å². The zero-order valence-electron chi connectivity index (χ0n) is 22.2. The number of carbonyl (C=O) groups excluding carboxylic acids is 3. The number of hydrogen-bond acceptors (Lipinski definition) is 6. The molecule has 2 aliphatic carbocycles. The second-order valence-electron chi connectivity index (χ2n) is 11.7. The summed E-state index contributed by atoms with van der Waals surface area (Å²) in [6, 6.07) is 0.0543. The van der Waals surface area contributed by atoms with Crippen molar-refractivity contribution in [1.82, 2.24) is 20.5 Å². The van der Waals surface area contributed by atoms with E-state index in [0.717, 1.165) is 24.8 Å². The fourth-order valence-corrected chi connectivity index (χ4v) is 6.49. The lowest BCUT2D eigenvalue weighted by molar-refractivity contribution is -0.194. The van der Waals surface area contributed by atoms with Crippen molar-refractivity contribution in [2.24, 2.45) is 17.8 Å². The Kier molecular flexibility index (Phi) is 7.74. The van der Waals surface area contributed by atoms with E-state index >= 15 is 8.78 Å². The molecule has 3 N–H and O–H groups in total. The number of aryl methyl sites for hydroxylation is 1. The Morgan fingerprint density at radius 1 is 1.23 bits per heavy atom. The zero-order valence-corrected chi connectivity index (χ0v) is 22.2. The molecule has 1 aromatic heterocycles. The van der Waals surface area contributed by atoms with E-state index in [1.165, 1.54) is 4.90 Å². The molecule has 3 amide bonds. The lowest BCUT2D eigenvalue weighted by Gasteiger charge is -2.54. The summed E-state index contributed by atoms with van der Waals surface area (Å²) in [5, 5.41) is 18.4. The molecule has 5 aliphatic rings. The normalized spacial score (nSPS) is 29.1. The molecule has 6 rings (SSSR count). The summed E-state index contributed by atoms with van der Waals surface area (Å²) >= 11 is 0. The molecule has 210 valence electrons. The zero-order chi connectivity index (χ0) is 27.7. The number of anilines is 1. The van der Waals surface area contributed by atoms with Crippen molar-refractivity contribution in [3.63, 3.8) is 0 Å². The Balaban J connectivity index is 1.38. The Hall–Kier alpha value is -3.29. The van der Waals surface area contributed by atoms with Crippen LogP contribution in [0.2, 0.25) is 0 Å². The van der Waals surface area contributed by atoms with Crippen molar-refractivity contribution < 1.29 is 23.2 Å². The van der Waals surface area contributed by atoms with Crippen LogP contribution in [0.25, 0.3) is 0 Å². The molecule has 9 nitrogen and oxygen atoms in total. The topological polar surface area (TPSA) is 127 Å². The summed E-state index contributed by atoms with van der Waals surface area (Å²) in [6.07, 6.45) is 7.42. The van der Waals surface area contributed by atoms with Crippen LogP contribution in [-0.2, 0) is 14.4 Å². The Morgan fingerprint density at radius 3 is 2.69 bits per heavy atom. The quantitative estimate of drug-likeness (QED) is 0.440. The third-order valence-electron chi connectivity index (χ3n) is 8.63. The minimum Gasteiger partial charge on any atom is -0.372 e. The van der Waals surface area contributed by atoms with E-state index < -0.39 is 54.3 Å². The lowest BCUT2D eigenvalue weighted by Crippen LogP contribution is -2.70. The van der Waals surface area contributed by atoms with Gasteiger partial charge in [-0.25, -0.2) is 8.78 Å². The van der Waals surface area contributed by atoms with Gasteiger partial charge in [-0.1, -0.05) is 12.8 Å². The first-order valence-corrected chi connectivity index (χ1v) is 14.0. The van der Waals surface area contributed by atoms with Crippen molar-refractivity contribution >= 4 is 23.4 Å². The molecular formula is C28H36F2N6O3. The number of pyridine rings is 1. The number of nitriles is 1. The van der Waals surface area contributed by atoms with Crippen LogP contribution >= 0.6 is 0 Å². The third kappa shape index (κ3) is 5.99. The van der Waals surface area contributed by atoms with Gasteiger partial charge in [0.25, 0.3) is 5.92 Å². The number of piperidine rings is 3. The van der Waals surface area contributed by atoms with Gasteiger partial charge in [0, 0.05) is 37.3 Å². The molecule has 2 bridgehead atoms. The first-order valence-electron chi connectivity index (χ1n) is 14.0. The average molecular weight is 543 g/mol. The van der Waals surface area contributed by atoms with E-state index in [2.05, 4.69) is 20.9 Å². The van der Waals surface area contributed by atoms with Crippen molar-refractivity contribution in [2.75, 3.05) is 11.9 Å². The molecule has 2 saturated carbocycles. The van der Waals surface area contributed by atoms with Crippen LogP contribution in [0.3, 0.4) is 0 Å². The second-order valence-corrected chi connectivity index (χ2v) is 11.7. The number of fused-ring (bicyclic) bond motifs is 3. The summed E-state index contributed by atoms with van der Waals surface area (Å²) in [5.74, 6) is -5.77. The maximum Gasteiger partial charge on any atom is 0.255 e. The van der Waals surface area contributed by atoms with Gasteiger partial charge in [0.15, 0.2) is 0 Å². The first kappa shape index (κ1) is 27.3. The molecule has 5 fully saturated rings. The van der Waals surface area contributed by atoms with E-state index in [0.29, 0.717) is 37.4 Å². The first-order chi connectivity index (χ1) is 18.7. The van der Waals surface area contributed by atoms with E-state index in [-0.39, 0.29) is 24.7 Å². The number of carbonyl (C=O) groups is 3. The number of nitrogens with one attached hydrogen (secondary N) is 3. The third-order valence-corrected chi connectivity index (χ3v) is 8.63. The number of aromatic nitrogens is 1. The maximum atomic E-state index is 15.1. The number of amides is 3. The van der Waals surface area contributed by atoms with Crippen LogP contribution in [0.4, 0.5) is 14.5 Å². The van der Waals surface area contributed by atoms with Crippen LogP contribution in [0.5, 0.6) is 0 Å². The Bertz CT molecular complexity index is 1150. The largest absolute Gasteiger partial charge is 0.372 e. The molecule has 0 radical (unpaired) electrons.